The average Bonchev–Trinajstić information content (AvgIpc) is 3.25. The molecule has 0 saturated heterocycles. The average molecular weight is 389 g/mol. The van der Waals surface area contributed by atoms with Crippen LogP contribution in [0.25, 0.3) is 22.0 Å². The van der Waals surface area contributed by atoms with E-state index in [0.29, 0.717) is 28.6 Å². The molecule has 0 aliphatic rings. The highest BCUT2D eigenvalue weighted by Crippen LogP contribution is 2.34. The molecule has 0 unspecified atom stereocenters. The van der Waals surface area contributed by atoms with Crippen molar-refractivity contribution < 1.29 is 9.59 Å². The summed E-state index contributed by atoms with van der Waals surface area (Å²) in [6.07, 6.45) is 3.43. The number of nitrogens with zero attached hydrogens (tertiary/aromatic N) is 5. The number of pyridine rings is 1. The third-order valence-corrected chi connectivity index (χ3v) is 4.83. The van der Waals surface area contributed by atoms with Crippen molar-refractivity contribution in [1.29, 1.82) is 0 Å². The number of carbonyl (C=O) groups excluding carboxylic acids is 2. The van der Waals surface area contributed by atoms with Crippen molar-refractivity contribution in [3.05, 3.63) is 65.4 Å². The minimum Gasteiger partial charge on any atom is -0.366 e. The van der Waals surface area contributed by atoms with Crippen LogP contribution in [-0.4, -0.2) is 36.4 Å². The molecular formula is C20H19N7O2. The lowest BCUT2D eigenvalue weighted by atomic mass is 9.94. The Kier molecular flexibility index (Phi) is 4.34. The smallest absolute Gasteiger partial charge is 0.267 e. The highest BCUT2D eigenvalue weighted by Gasteiger charge is 2.25. The van der Waals surface area contributed by atoms with Gasteiger partial charge in [-0.1, -0.05) is 18.2 Å². The maximum Gasteiger partial charge on any atom is 0.267 e. The summed E-state index contributed by atoms with van der Waals surface area (Å²) >= 11 is 0. The first-order chi connectivity index (χ1) is 13.9. The number of aryl methyl sites for hydroxylation is 1. The van der Waals surface area contributed by atoms with Crippen LogP contribution in [-0.2, 0) is 13.6 Å². The monoisotopic (exact) mass is 389 g/mol. The lowest BCUT2D eigenvalue weighted by Crippen LogP contribution is -2.20. The molecule has 3 aromatic heterocycles. The normalized spacial score (nSPS) is 11.1. The minimum atomic E-state index is -0.745. The fourth-order valence-electron chi connectivity index (χ4n) is 3.46. The molecule has 4 aromatic rings. The number of amides is 2. The van der Waals surface area contributed by atoms with E-state index >= 15 is 0 Å². The van der Waals surface area contributed by atoms with Gasteiger partial charge in [0.25, 0.3) is 5.91 Å². The summed E-state index contributed by atoms with van der Waals surface area (Å²) in [5.74, 6) is -1.41. The molecule has 9 nitrogen and oxygen atoms in total. The summed E-state index contributed by atoms with van der Waals surface area (Å²) in [6, 6.07) is 8.88. The molecule has 0 spiro atoms. The third kappa shape index (κ3) is 3.12. The molecule has 0 aliphatic heterocycles. The van der Waals surface area contributed by atoms with Crippen LogP contribution in [0.15, 0.2) is 42.7 Å². The predicted molar refractivity (Wildman–Crippen MR) is 107 cm³/mol. The topological polar surface area (TPSA) is 135 Å². The van der Waals surface area contributed by atoms with Crippen molar-refractivity contribution in [2.24, 2.45) is 18.5 Å². The van der Waals surface area contributed by atoms with E-state index in [1.165, 1.54) is 0 Å². The van der Waals surface area contributed by atoms with E-state index in [-0.39, 0.29) is 11.3 Å². The van der Waals surface area contributed by atoms with Crippen molar-refractivity contribution in [2.75, 3.05) is 0 Å². The van der Waals surface area contributed by atoms with Crippen molar-refractivity contribution in [3.63, 3.8) is 0 Å². The summed E-state index contributed by atoms with van der Waals surface area (Å²) < 4.78 is 3.45. The van der Waals surface area contributed by atoms with Gasteiger partial charge in [-0.2, -0.15) is 10.2 Å². The van der Waals surface area contributed by atoms with Gasteiger partial charge < -0.3 is 11.5 Å². The second-order valence-electron chi connectivity index (χ2n) is 6.74. The molecule has 0 bridgehead atoms. The van der Waals surface area contributed by atoms with E-state index in [2.05, 4.69) is 15.2 Å². The molecule has 146 valence electrons. The van der Waals surface area contributed by atoms with Gasteiger partial charge in [0.15, 0.2) is 0 Å². The van der Waals surface area contributed by atoms with E-state index in [1.807, 2.05) is 26.2 Å². The third-order valence-electron chi connectivity index (χ3n) is 4.83. The molecule has 0 saturated carbocycles. The molecule has 0 aliphatic carbocycles. The van der Waals surface area contributed by atoms with Gasteiger partial charge in [-0.05, 0) is 19.1 Å². The number of aromatic nitrogens is 5. The zero-order chi connectivity index (χ0) is 20.7. The van der Waals surface area contributed by atoms with Crippen LogP contribution in [0, 0.1) is 6.92 Å². The van der Waals surface area contributed by atoms with Gasteiger partial charge >= 0.3 is 0 Å². The fraction of sp³-hybridized carbons (Fsp3) is 0.150. The highest BCUT2D eigenvalue weighted by atomic mass is 16.1. The molecule has 0 radical (unpaired) electrons. The van der Waals surface area contributed by atoms with Crippen molar-refractivity contribution in [1.82, 2.24) is 24.5 Å². The highest BCUT2D eigenvalue weighted by molar-refractivity contribution is 6.15. The van der Waals surface area contributed by atoms with Crippen molar-refractivity contribution in [3.8, 4) is 11.1 Å². The lowest BCUT2D eigenvalue weighted by Gasteiger charge is -2.14. The Morgan fingerprint density at radius 3 is 2.52 bits per heavy atom. The molecular weight excluding hydrogens is 370 g/mol. The number of rotatable bonds is 5. The second kappa shape index (κ2) is 6.86. The number of fused-ring (bicyclic) bond motifs is 1. The van der Waals surface area contributed by atoms with Gasteiger partial charge in [-0.15, -0.1) is 0 Å². The van der Waals surface area contributed by atoms with Crippen LogP contribution in [0.2, 0.25) is 0 Å². The molecule has 0 fully saturated rings. The van der Waals surface area contributed by atoms with Crippen molar-refractivity contribution >= 4 is 22.7 Å². The van der Waals surface area contributed by atoms with Crippen LogP contribution in [0.3, 0.4) is 0 Å². The number of nitrogens with two attached hydrogens (primary N) is 2. The van der Waals surface area contributed by atoms with E-state index in [1.54, 1.807) is 39.8 Å². The maximum atomic E-state index is 12.4. The van der Waals surface area contributed by atoms with Crippen LogP contribution in [0.1, 0.15) is 32.2 Å². The van der Waals surface area contributed by atoms with Gasteiger partial charge in [-0.3, -0.25) is 19.0 Å². The number of hydrogen-bond acceptors (Lipinski definition) is 5. The van der Waals surface area contributed by atoms with Gasteiger partial charge in [0.05, 0.1) is 29.5 Å². The number of benzene rings is 1. The summed E-state index contributed by atoms with van der Waals surface area (Å²) in [5, 5.41) is 9.32. The molecule has 2 amide bonds. The Balaban J connectivity index is 1.96. The Bertz CT molecular complexity index is 1270. The summed E-state index contributed by atoms with van der Waals surface area (Å²) in [4.78, 5) is 29.0. The van der Waals surface area contributed by atoms with Crippen LogP contribution >= 0.6 is 0 Å². The quantitative estimate of drug-likeness (QED) is 0.532. The molecule has 0 atom stereocenters. The van der Waals surface area contributed by atoms with Gasteiger partial charge in [0.1, 0.15) is 5.69 Å². The molecule has 3 heterocycles. The molecule has 1 aromatic carbocycles. The van der Waals surface area contributed by atoms with E-state index < -0.39 is 11.8 Å². The molecule has 4 rings (SSSR count). The van der Waals surface area contributed by atoms with Gasteiger partial charge in [-0.25, -0.2) is 4.98 Å². The number of primary amides is 2. The maximum absolute atomic E-state index is 12.4. The minimum absolute atomic E-state index is 0.0158. The largest absolute Gasteiger partial charge is 0.366 e. The predicted octanol–water partition coefficient (Wildman–Crippen LogP) is 1.39. The van der Waals surface area contributed by atoms with Crippen LogP contribution in [0.4, 0.5) is 0 Å². The van der Waals surface area contributed by atoms with Crippen LogP contribution in [0.5, 0.6) is 0 Å². The zero-order valence-electron chi connectivity index (χ0n) is 16.0. The Morgan fingerprint density at radius 2 is 1.86 bits per heavy atom. The fourth-order valence-corrected chi connectivity index (χ4v) is 3.46. The molecule has 4 N–H and O–H groups in total. The van der Waals surface area contributed by atoms with E-state index in [4.69, 9.17) is 11.5 Å². The summed E-state index contributed by atoms with van der Waals surface area (Å²) in [7, 11) is 1.84. The standard InChI is InChI=1S/C20H19N7O2/c1-11-14(9-23-27(11)10-12-7-8-26(2)25-12)16-17(19(21)28)13-5-3-4-6-15(13)24-18(16)20(22)29/h3-9H,10H2,1-2H3,(H2,21,28)(H2,22,29). The van der Waals surface area contributed by atoms with Gasteiger partial charge in [0.2, 0.25) is 5.91 Å². The van der Waals surface area contributed by atoms with Gasteiger partial charge in [0, 0.05) is 35.5 Å². The number of hydrogen-bond donors (Lipinski definition) is 2. The van der Waals surface area contributed by atoms with Crippen molar-refractivity contribution in [2.45, 2.75) is 13.5 Å². The first-order valence-corrected chi connectivity index (χ1v) is 8.90. The first-order valence-electron chi connectivity index (χ1n) is 8.90. The van der Waals surface area contributed by atoms with E-state index in [9.17, 15) is 9.59 Å². The van der Waals surface area contributed by atoms with E-state index in [0.717, 1.165) is 11.4 Å². The number of para-hydroxylation sites is 1. The molecule has 29 heavy (non-hydrogen) atoms. The lowest BCUT2D eigenvalue weighted by molar-refractivity contribution is 0.0996. The second-order valence-corrected chi connectivity index (χ2v) is 6.74. The Morgan fingerprint density at radius 1 is 1.10 bits per heavy atom. The summed E-state index contributed by atoms with van der Waals surface area (Å²) in [5.41, 5.74) is 14.4. The Hall–Kier alpha value is -4.01. The Labute approximate surface area is 165 Å². The summed E-state index contributed by atoms with van der Waals surface area (Å²) in [6.45, 7) is 2.28. The number of carbonyl (C=O) groups is 2. The van der Waals surface area contributed by atoms with Crippen LogP contribution < -0.4 is 11.5 Å². The molecule has 9 heteroatoms. The zero-order valence-corrected chi connectivity index (χ0v) is 16.0. The first kappa shape index (κ1) is 18.4. The SMILES string of the molecule is Cc1c(-c2c(C(N)=O)nc3ccccc3c2C(N)=O)cnn1Cc1ccn(C)n1.